The van der Waals surface area contributed by atoms with Crippen molar-refractivity contribution in [2.24, 2.45) is 0 Å². The molecule has 0 spiro atoms. The molecule has 0 atom stereocenters. The number of nitrogens with one attached hydrogen (secondary N) is 1. The minimum absolute atomic E-state index is 0.00144. The standard InChI is InChI=1S/C27H47NO6/c1-2-3-4-5-6-7-8-9-10-11-12-13-14-15-16-17-26(29)28-19-21-33-23-25-34-24-22-32-20-18-27(30)31/h6-7,9-10,12-13H,2-5,8,11,14-25H2,1H3,(H,28,29)(H,30,31)/b7-6-,10-9-,13-12-. The van der Waals surface area contributed by atoms with E-state index in [1.54, 1.807) is 0 Å². The van der Waals surface area contributed by atoms with Crippen molar-refractivity contribution in [3.8, 4) is 0 Å². The average Bonchev–Trinajstić information content (AvgIpc) is 2.82. The molecule has 7 heteroatoms. The average molecular weight is 482 g/mol. The molecule has 0 aromatic carbocycles. The summed E-state index contributed by atoms with van der Waals surface area (Å²) >= 11 is 0. The van der Waals surface area contributed by atoms with Crippen molar-refractivity contribution in [2.75, 3.05) is 46.2 Å². The maximum Gasteiger partial charge on any atom is 0.305 e. The number of rotatable bonds is 25. The molecule has 0 fully saturated rings. The molecular weight excluding hydrogens is 434 g/mol. The second-order valence-corrected chi connectivity index (χ2v) is 7.96. The lowest BCUT2D eigenvalue weighted by molar-refractivity contribution is -0.138. The minimum Gasteiger partial charge on any atom is -0.481 e. The number of carbonyl (C=O) groups excluding carboxylic acids is 1. The Morgan fingerprint density at radius 1 is 0.676 bits per heavy atom. The van der Waals surface area contributed by atoms with Crippen LogP contribution >= 0.6 is 0 Å². The maximum atomic E-state index is 11.8. The Labute approximate surface area is 206 Å². The van der Waals surface area contributed by atoms with Gasteiger partial charge in [-0.15, -0.1) is 0 Å². The van der Waals surface area contributed by atoms with Crippen molar-refractivity contribution in [2.45, 2.75) is 77.6 Å². The van der Waals surface area contributed by atoms with E-state index in [0.29, 0.717) is 46.0 Å². The Morgan fingerprint density at radius 3 is 1.79 bits per heavy atom. The van der Waals surface area contributed by atoms with Crippen molar-refractivity contribution in [1.82, 2.24) is 5.32 Å². The lowest BCUT2D eigenvalue weighted by Gasteiger charge is -2.07. The predicted molar refractivity (Wildman–Crippen MR) is 137 cm³/mol. The van der Waals surface area contributed by atoms with Crippen LogP contribution in [0.1, 0.15) is 77.6 Å². The number of ether oxygens (including phenoxy) is 3. The first-order valence-corrected chi connectivity index (χ1v) is 12.8. The zero-order valence-electron chi connectivity index (χ0n) is 21.2. The van der Waals surface area contributed by atoms with E-state index in [-0.39, 0.29) is 18.9 Å². The molecule has 0 aliphatic carbocycles. The van der Waals surface area contributed by atoms with Gasteiger partial charge in [0.15, 0.2) is 0 Å². The zero-order valence-corrected chi connectivity index (χ0v) is 21.2. The number of aliphatic carboxylic acids is 1. The van der Waals surface area contributed by atoms with Gasteiger partial charge >= 0.3 is 5.97 Å². The number of unbranched alkanes of at least 4 members (excludes halogenated alkanes) is 5. The van der Waals surface area contributed by atoms with Crippen LogP contribution in [0.25, 0.3) is 0 Å². The van der Waals surface area contributed by atoms with E-state index >= 15 is 0 Å². The molecule has 0 aliphatic rings. The molecule has 0 heterocycles. The number of carboxylic acids is 1. The number of hydrogen-bond donors (Lipinski definition) is 2. The fraction of sp³-hybridized carbons (Fsp3) is 0.704. The fourth-order valence-electron chi connectivity index (χ4n) is 2.89. The molecule has 34 heavy (non-hydrogen) atoms. The first-order chi connectivity index (χ1) is 16.7. The maximum absolute atomic E-state index is 11.8. The molecule has 0 rings (SSSR count). The summed E-state index contributed by atoms with van der Waals surface area (Å²) in [7, 11) is 0. The van der Waals surface area contributed by atoms with Crippen molar-refractivity contribution in [3.63, 3.8) is 0 Å². The van der Waals surface area contributed by atoms with E-state index in [1.165, 1.54) is 25.7 Å². The Kier molecular flexibility index (Phi) is 25.7. The van der Waals surface area contributed by atoms with Crippen molar-refractivity contribution in [1.29, 1.82) is 0 Å². The van der Waals surface area contributed by atoms with Gasteiger partial charge in [-0.1, -0.05) is 56.2 Å². The highest BCUT2D eigenvalue weighted by Crippen LogP contribution is 2.03. The van der Waals surface area contributed by atoms with E-state index in [1.807, 2.05) is 0 Å². The summed E-state index contributed by atoms with van der Waals surface area (Å²) in [6, 6.07) is 0. The normalized spacial score (nSPS) is 11.8. The van der Waals surface area contributed by atoms with Crippen LogP contribution in [0.15, 0.2) is 36.5 Å². The van der Waals surface area contributed by atoms with Crippen molar-refractivity contribution < 1.29 is 28.9 Å². The molecule has 0 bridgehead atoms. The van der Waals surface area contributed by atoms with Crippen LogP contribution < -0.4 is 5.32 Å². The quantitative estimate of drug-likeness (QED) is 0.137. The summed E-state index contributed by atoms with van der Waals surface area (Å²) in [5.41, 5.74) is 0. The van der Waals surface area contributed by atoms with Gasteiger partial charge in [0.2, 0.25) is 5.91 Å². The van der Waals surface area contributed by atoms with Gasteiger partial charge in [0, 0.05) is 13.0 Å². The highest BCUT2D eigenvalue weighted by molar-refractivity contribution is 5.75. The molecule has 0 saturated heterocycles. The Bertz CT molecular complexity index is 559. The van der Waals surface area contributed by atoms with E-state index in [4.69, 9.17) is 19.3 Å². The van der Waals surface area contributed by atoms with Crippen molar-refractivity contribution in [3.05, 3.63) is 36.5 Å². The topological polar surface area (TPSA) is 94.1 Å². The molecule has 196 valence electrons. The van der Waals surface area contributed by atoms with Crippen LogP contribution in [0.5, 0.6) is 0 Å². The molecule has 1 amide bonds. The number of carbonyl (C=O) groups is 2. The molecule has 0 aliphatic heterocycles. The summed E-state index contributed by atoms with van der Waals surface area (Å²) in [6.45, 7) is 5.04. The summed E-state index contributed by atoms with van der Waals surface area (Å²) in [4.78, 5) is 22.1. The first kappa shape index (κ1) is 32.0. The van der Waals surface area contributed by atoms with E-state index in [0.717, 1.165) is 32.1 Å². The smallest absolute Gasteiger partial charge is 0.305 e. The van der Waals surface area contributed by atoms with Crippen LogP contribution in [0.4, 0.5) is 0 Å². The van der Waals surface area contributed by atoms with Gasteiger partial charge in [-0.3, -0.25) is 9.59 Å². The molecule has 0 unspecified atom stereocenters. The Hall–Kier alpha value is -1.96. The second kappa shape index (κ2) is 27.3. The van der Waals surface area contributed by atoms with Crippen LogP contribution in [0.3, 0.4) is 0 Å². The summed E-state index contributed by atoms with van der Waals surface area (Å²) < 4.78 is 15.8. The van der Waals surface area contributed by atoms with Gasteiger partial charge in [0.1, 0.15) is 0 Å². The summed E-state index contributed by atoms with van der Waals surface area (Å²) in [5, 5.41) is 11.3. The number of carboxylic acid groups (broad SMARTS) is 1. The van der Waals surface area contributed by atoms with Gasteiger partial charge < -0.3 is 24.6 Å². The van der Waals surface area contributed by atoms with Gasteiger partial charge in [0.05, 0.1) is 46.1 Å². The van der Waals surface area contributed by atoms with Crippen LogP contribution in [-0.4, -0.2) is 63.2 Å². The number of amides is 1. The van der Waals surface area contributed by atoms with E-state index < -0.39 is 5.97 Å². The fourth-order valence-corrected chi connectivity index (χ4v) is 2.89. The van der Waals surface area contributed by atoms with Gasteiger partial charge in [-0.2, -0.15) is 0 Å². The monoisotopic (exact) mass is 481 g/mol. The molecular formula is C27H47NO6. The predicted octanol–water partition coefficient (Wildman–Crippen LogP) is 5.22. The lowest BCUT2D eigenvalue weighted by atomic mass is 10.1. The number of allylic oxidation sites excluding steroid dienone is 6. The van der Waals surface area contributed by atoms with E-state index in [9.17, 15) is 9.59 Å². The summed E-state index contributed by atoms with van der Waals surface area (Å²) in [6.07, 6.45) is 23.9. The lowest BCUT2D eigenvalue weighted by Crippen LogP contribution is -2.27. The molecule has 2 N–H and O–H groups in total. The third kappa shape index (κ3) is 28.1. The van der Waals surface area contributed by atoms with Gasteiger partial charge in [-0.05, 0) is 44.9 Å². The molecule has 0 aromatic rings. The third-order valence-electron chi connectivity index (χ3n) is 4.82. The van der Waals surface area contributed by atoms with Crippen LogP contribution in [-0.2, 0) is 23.8 Å². The second-order valence-electron chi connectivity index (χ2n) is 7.96. The van der Waals surface area contributed by atoms with Gasteiger partial charge in [0.25, 0.3) is 0 Å². The van der Waals surface area contributed by atoms with Crippen molar-refractivity contribution >= 4 is 11.9 Å². The molecule has 0 saturated carbocycles. The SMILES string of the molecule is CCCCC/C=C\C/C=C\C/C=C\CCCCC(=O)NCCOCCOCCOCCC(=O)O. The zero-order chi connectivity index (χ0) is 25.0. The summed E-state index contributed by atoms with van der Waals surface area (Å²) in [5.74, 6) is -0.808. The van der Waals surface area contributed by atoms with E-state index in [2.05, 4.69) is 48.7 Å². The molecule has 0 aromatic heterocycles. The van der Waals surface area contributed by atoms with Crippen LogP contribution in [0, 0.1) is 0 Å². The third-order valence-corrected chi connectivity index (χ3v) is 4.82. The molecule has 7 nitrogen and oxygen atoms in total. The van der Waals surface area contributed by atoms with Gasteiger partial charge in [-0.25, -0.2) is 0 Å². The largest absolute Gasteiger partial charge is 0.481 e. The first-order valence-electron chi connectivity index (χ1n) is 12.8. The Balaban J connectivity index is 3.33. The number of hydrogen-bond acceptors (Lipinski definition) is 5. The molecule has 0 radical (unpaired) electrons. The minimum atomic E-state index is -0.871. The Morgan fingerprint density at radius 2 is 1.21 bits per heavy atom. The highest BCUT2D eigenvalue weighted by Gasteiger charge is 2.00. The highest BCUT2D eigenvalue weighted by atomic mass is 16.5. The van der Waals surface area contributed by atoms with Crippen LogP contribution in [0.2, 0.25) is 0 Å².